The molecule has 0 saturated carbocycles. The van der Waals surface area contributed by atoms with Gasteiger partial charge in [-0.3, -0.25) is 42.4 Å². The van der Waals surface area contributed by atoms with E-state index in [9.17, 15) is 53.3 Å². The first-order valence-corrected chi connectivity index (χ1v) is 20.0. The Kier molecular flexibility index (Phi) is 10.6. The molecule has 0 spiro atoms. The highest BCUT2D eigenvalue weighted by Gasteiger charge is 2.50. The van der Waals surface area contributed by atoms with E-state index >= 15 is 0 Å². The van der Waals surface area contributed by atoms with Crippen molar-refractivity contribution in [3.8, 4) is 0 Å². The Hall–Kier alpha value is -3.49. The van der Waals surface area contributed by atoms with E-state index in [1.807, 2.05) is 0 Å². The number of nitrogens with two attached hydrogens (primary N) is 2. The van der Waals surface area contributed by atoms with E-state index in [0.717, 1.165) is 10.9 Å². The second kappa shape index (κ2) is 14.3. The van der Waals surface area contributed by atoms with Crippen molar-refractivity contribution in [1.82, 2.24) is 34.1 Å². The molecule has 2 saturated heterocycles. The van der Waals surface area contributed by atoms with Gasteiger partial charge in [-0.1, -0.05) is 4.98 Å². The second-order valence-electron chi connectivity index (χ2n) is 11.9. The highest BCUT2D eigenvalue weighted by Crippen LogP contribution is 2.65. The Balaban J connectivity index is 1.06. The van der Waals surface area contributed by atoms with Crippen molar-refractivity contribution in [2.45, 2.75) is 49.1 Å². The number of methoxy groups -OCH3 is 1. The van der Waals surface area contributed by atoms with Crippen LogP contribution in [0.15, 0.2) is 22.2 Å². The minimum Gasteiger partial charge on any atom is -0.756 e. The number of imidazole rings is 2. The first-order valence-electron chi connectivity index (χ1n) is 15.0. The number of aliphatic hydroxyl groups is 3. The van der Waals surface area contributed by atoms with Crippen LogP contribution >= 0.6 is 23.0 Å². The predicted octanol–water partition coefficient (Wildman–Crippen LogP) is -4.41. The SMILES string of the molecule is CO[C@@H]1[C@H](O)[C@@H](COP(=O)(O)CP(=O)(O)OP(=O)([O-])OC[C@H]2O[C@@H](n3cnc4c(=O)[nH]c(N)nc43)[C@H](O)[C@@H]2O)O[C@H]1[n+]1cn(C)c2c(=O)[nH]c(N)nc21. The number of rotatable bonds is 13. The minimum absolute atomic E-state index is 0.0440. The molecule has 6 rings (SSSR count). The molecule has 2 fully saturated rings. The highest BCUT2D eigenvalue weighted by atomic mass is 31.3. The van der Waals surface area contributed by atoms with Crippen molar-refractivity contribution in [2.75, 3.05) is 37.7 Å². The molecular weight excluding hydrogens is 781 g/mol. The maximum Gasteiger partial charge on any atom is 0.346 e. The molecule has 4 aromatic heterocycles. The smallest absolute Gasteiger partial charge is 0.346 e. The number of aromatic nitrogens is 8. The number of aliphatic hydroxyl groups excluding tert-OH is 3. The monoisotopic (exact) mass is 814 g/mol. The van der Waals surface area contributed by atoms with Gasteiger partial charge in [-0.2, -0.15) is 4.98 Å². The molecular formula is C23H33N10O17P3. The van der Waals surface area contributed by atoms with Crippen molar-refractivity contribution in [3.05, 3.63) is 33.4 Å². The molecule has 2 aliphatic rings. The Morgan fingerprint density at radius 2 is 1.60 bits per heavy atom. The van der Waals surface area contributed by atoms with Gasteiger partial charge in [0.2, 0.25) is 17.7 Å². The van der Waals surface area contributed by atoms with Crippen LogP contribution in [0.5, 0.6) is 0 Å². The molecule has 0 aliphatic carbocycles. The Labute approximate surface area is 294 Å². The summed E-state index contributed by atoms with van der Waals surface area (Å²) in [6, 6.07) is 0. The van der Waals surface area contributed by atoms with Crippen LogP contribution in [0.3, 0.4) is 0 Å². The predicted molar refractivity (Wildman–Crippen MR) is 170 cm³/mol. The van der Waals surface area contributed by atoms with Crippen LogP contribution in [0.4, 0.5) is 11.9 Å². The summed E-state index contributed by atoms with van der Waals surface area (Å²) in [6.07, 6.45) is -9.50. The summed E-state index contributed by atoms with van der Waals surface area (Å²) in [5.41, 5.74) is 9.74. The fourth-order valence-corrected chi connectivity index (χ4v) is 10.8. The second-order valence-corrected chi connectivity index (χ2v) is 17.6. The van der Waals surface area contributed by atoms with Crippen molar-refractivity contribution in [2.24, 2.45) is 7.05 Å². The largest absolute Gasteiger partial charge is 0.756 e. The van der Waals surface area contributed by atoms with Crippen LogP contribution in [-0.2, 0) is 48.3 Å². The average molecular weight is 814 g/mol. The number of anilines is 2. The van der Waals surface area contributed by atoms with Crippen molar-refractivity contribution >= 4 is 57.2 Å². The number of phosphoric ester groups is 1. The lowest BCUT2D eigenvalue weighted by molar-refractivity contribution is -0.746. The summed E-state index contributed by atoms with van der Waals surface area (Å²) in [7, 11) is -13.8. The van der Waals surface area contributed by atoms with E-state index in [0.29, 0.717) is 0 Å². The molecule has 292 valence electrons. The summed E-state index contributed by atoms with van der Waals surface area (Å²) in [4.78, 5) is 73.9. The molecule has 53 heavy (non-hydrogen) atoms. The Bertz CT molecular complexity index is 2300. The van der Waals surface area contributed by atoms with E-state index in [2.05, 4.69) is 33.8 Å². The number of hydrogen-bond acceptors (Lipinski definition) is 20. The fraction of sp³-hybridized carbons (Fsp3) is 0.565. The summed E-state index contributed by atoms with van der Waals surface area (Å²) in [5, 5.41) is 31.8. The van der Waals surface area contributed by atoms with Crippen LogP contribution in [0.1, 0.15) is 12.5 Å². The standard InChI is InChI=1S/C23H33N10O17P3/c1-31-6-33(17-11(31)19(38)30-23(25)28-17)21-15(45-2)13(35)9(49-21)3-46-51(39,40)7-52(41,42)50-53(43,44)47-4-8-12(34)14(36)20(48-8)32-5-26-10-16(32)27-22(24)29-18(10)37/h5-6,8-9,12-15,20-21,34-36H,3-4,7H2,1-2H3,(H8-,24,25,27,28,29,30,37,38,39,40,41,42,43,44)/t8-,9-,12-,13-,14-,15-,20-,21-/m1/s1. The van der Waals surface area contributed by atoms with Gasteiger partial charge in [0.25, 0.3) is 24.9 Å². The van der Waals surface area contributed by atoms with Gasteiger partial charge in [-0.25, -0.2) is 13.9 Å². The van der Waals surface area contributed by atoms with Crippen molar-refractivity contribution < 1.29 is 75.8 Å². The summed E-state index contributed by atoms with van der Waals surface area (Å²) in [6.45, 7) is -1.98. The molecule has 2 aliphatic heterocycles. The van der Waals surface area contributed by atoms with E-state index in [1.54, 1.807) is 0 Å². The number of nitrogens with one attached hydrogen (secondary N) is 2. The number of aromatic amines is 2. The zero-order valence-electron chi connectivity index (χ0n) is 27.2. The minimum atomic E-state index is -5.80. The quantitative estimate of drug-likeness (QED) is 0.0454. The molecule has 30 heteroatoms. The third kappa shape index (κ3) is 7.86. The zero-order valence-corrected chi connectivity index (χ0v) is 29.9. The van der Waals surface area contributed by atoms with Gasteiger partial charge in [-0.05, 0) is 0 Å². The van der Waals surface area contributed by atoms with Crippen LogP contribution < -0.4 is 32.0 Å². The first kappa shape index (κ1) is 39.2. The number of phosphoric acid groups is 1. The lowest BCUT2D eigenvalue weighted by Gasteiger charge is -2.27. The van der Waals surface area contributed by atoms with Crippen LogP contribution in [0, 0.1) is 0 Å². The van der Waals surface area contributed by atoms with E-state index < -0.39 is 102 Å². The summed E-state index contributed by atoms with van der Waals surface area (Å²) in [5.74, 6) is -2.29. The third-order valence-electron chi connectivity index (χ3n) is 8.13. The van der Waals surface area contributed by atoms with Gasteiger partial charge in [0, 0.05) is 7.11 Å². The average Bonchev–Trinajstić information content (AvgIpc) is 3.77. The highest BCUT2D eigenvalue weighted by molar-refractivity contribution is 7.73. The molecule has 4 aromatic rings. The third-order valence-corrected chi connectivity index (χ3v) is 13.8. The lowest BCUT2D eigenvalue weighted by atomic mass is 10.1. The molecule has 11 N–H and O–H groups in total. The van der Waals surface area contributed by atoms with Crippen molar-refractivity contribution in [3.63, 3.8) is 0 Å². The fourth-order valence-electron chi connectivity index (χ4n) is 5.84. The molecule has 27 nitrogen and oxygen atoms in total. The molecule has 0 aromatic carbocycles. The lowest BCUT2D eigenvalue weighted by Crippen LogP contribution is -2.47. The first-order chi connectivity index (χ1) is 24.7. The van der Waals surface area contributed by atoms with Gasteiger partial charge >= 0.3 is 20.8 Å². The van der Waals surface area contributed by atoms with Gasteiger partial charge in [0.15, 0.2) is 29.6 Å². The number of hydrogen-bond donors (Lipinski definition) is 9. The van der Waals surface area contributed by atoms with Gasteiger partial charge in [-0.15, -0.1) is 0 Å². The van der Waals surface area contributed by atoms with Crippen molar-refractivity contribution in [1.29, 1.82) is 0 Å². The maximum absolute atomic E-state index is 12.8. The Morgan fingerprint density at radius 3 is 2.30 bits per heavy atom. The Morgan fingerprint density at radius 1 is 0.962 bits per heavy atom. The molecule has 6 heterocycles. The van der Waals surface area contributed by atoms with Gasteiger partial charge < -0.3 is 64.7 Å². The number of ether oxygens (including phenoxy) is 3. The van der Waals surface area contributed by atoms with E-state index in [4.69, 9.17) is 30.2 Å². The molecule has 0 radical (unpaired) electrons. The van der Waals surface area contributed by atoms with Gasteiger partial charge in [0.1, 0.15) is 36.6 Å². The number of aryl methyl sites for hydroxylation is 1. The molecule has 11 atom stereocenters. The summed E-state index contributed by atoms with van der Waals surface area (Å²) >= 11 is 0. The normalized spacial score (nSPS) is 29.7. The van der Waals surface area contributed by atoms with E-state index in [-0.39, 0.29) is 34.2 Å². The van der Waals surface area contributed by atoms with E-state index in [1.165, 1.54) is 29.6 Å². The van der Waals surface area contributed by atoms with Crippen LogP contribution in [0.25, 0.3) is 22.3 Å². The number of nitrogens with zero attached hydrogens (tertiary/aromatic N) is 6. The number of nitrogen functional groups attached to an aromatic ring is 2. The topological polar surface area (TPSA) is 401 Å². The van der Waals surface area contributed by atoms with Gasteiger partial charge in [0.05, 0.1) is 26.6 Å². The molecule has 0 bridgehead atoms. The number of H-pyrrole nitrogens is 2. The molecule has 3 unspecified atom stereocenters. The maximum atomic E-state index is 12.8. The van der Waals surface area contributed by atoms with Crippen LogP contribution in [-0.4, -0.2) is 122 Å². The molecule has 0 amide bonds. The number of fused-ring (bicyclic) bond motifs is 2. The zero-order chi connectivity index (χ0) is 38.8. The van der Waals surface area contributed by atoms with Crippen LogP contribution in [0.2, 0.25) is 0 Å². The summed E-state index contributed by atoms with van der Waals surface area (Å²) < 4.78 is 72.0.